The van der Waals surface area contributed by atoms with Crippen molar-refractivity contribution in [3.8, 4) is 0 Å². The molecule has 0 heterocycles. The predicted octanol–water partition coefficient (Wildman–Crippen LogP) is 2.00. The Kier molecular flexibility index (Phi) is 4.84. The van der Waals surface area contributed by atoms with Gasteiger partial charge in [0.15, 0.2) is 0 Å². The molecule has 15 heavy (non-hydrogen) atoms. The second kappa shape index (κ2) is 5.38. The fourth-order valence-electron chi connectivity index (χ4n) is 0.764. The van der Waals surface area contributed by atoms with Crippen LogP contribution in [0.2, 0.25) is 0 Å². The quantitative estimate of drug-likeness (QED) is 0.657. The van der Waals surface area contributed by atoms with Gasteiger partial charge in [-0.15, -0.1) is 0 Å². The van der Waals surface area contributed by atoms with Gasteiger partial charge in [0.1, 0.15) is 11.3 Å². The van der Waals surface area contributed by atoms with E-state index in [0.29, 0.717) is 6.42 Å². The normalized spacial score (nSPS) is 12.1. The molecular weight excluding hydrogens is 196 g/mol. The molecule has 0 N–H and O–H groups in total. The molecule has 0 aromatic carbocycles. The number of nitrogens with zero attached hydrogens (tertiary/aromatic N) is 2. The molecule has 5 nitrogen and oxygen atoms in total. The van der Waals surface area contributed by atoms with Gasteiger partial charge in [-0.1, -0.05) is 6.92 Å². The van der Waals surface area contributed by atoms with E-state index in [1.807, 2.05) is 0 Å². The Labute approximate surface area is 89.3 Å². The van der Waals surface area contributed by atoms with Gasteiger partial charge in [-0.25, -0.2) is 9.79 Å². The largest absolute Gasteiger partial charge is 0.442 e. The molecule has 0 unspecified atom stereocenters. The summed E-state index contributed by atoms with van der Waals surface area (Å²) in [6.07, 6.45) is -0.465. The van der Waals surface area contributed by atoms with Crippen molar-refractivity contribution in [3.05, 3.63) is 0 Å². The third-order valence-corrected chi connectivity index (χ3v) is 1.35. The Hall–Kier alpha value is -1.52. The molecule has 0 aliphatic rings. The third-order valence-electron chi connectivity index (χ3n) is 1.35. The van der Waals surface area contributed by atoms with Gasteiger partial charge in [-0.3, -0.25) is 4.79 Å². The summed E-state index contributed by atoms with van der Waals surface area (Å²) in [6.45, 7) is 9.95. The van der Waals surface area contributed by atoms with Crippen LogP contribution in [0, 0.1) is 0 Å². The van der Waals surface area contributed by atoms with Gasteiger partial charge in [0.25, 0.3) is 5.91 Å². The first-order valence-corrected chi connectivity index (χ1v) is 4.61. The molecule has 0 bridgehead atoms. The van der Waals surface area contributed by atoms with Gasteiger partial charge in [0, 0.05) is 0 Å². The number of rotatable bonds is 2. The molecule has 0 aromatic heterocycles. The Balaban J connectivity index is 4.64. The Morgan fingerprint density at radius 2 is 1.87 bits per heavy atom. The number of ether oxygens (including phenoxy) is 1. The van der Waals surface area contributed by atoms with E-state index in [1.54, 1.807) is 27.7 Å². The molecular formula is C10H16N2O3. The molecule has 0 spiro atoms. The van der Waals surface area contributed by atoms with Crippen molar-refractivity contribution in [3.63, 3.8) is 0 Å². The minimum atomic E-state index is -0.781. The lowest BCUT2D eigenvalue weighted by Crippen LogP contribution is -2.23. The molecule has 0 rings (SSSR count). The van der Waals surface area contributed by atoms with Crippen LogP contribution in [0.3, 0.4) is 0 Å². The number of hydrogen-bond acceptors (Lipinski definition) is 3. The molecule has 0 aliphatic heterocycles. The maximum absolute atomic E-state index is 11.2. The summed E-state index contributed by atoms with van der Waals surface area (Å²) >= 11 is 0. The second-order valence-electron chi connectivity index (χ2n) is 3.86. The first-order chi connectivity index (χ1) is 6.80. The summed E-state index contributed by atoms with van der Waals surface area (Å²) in [4.78, 5) is 29.0. The van der Waals surface area contributed by atoms with Crippen LogP contribution in [0.25, 0.3) is 0 Å². The van der Waals surface area contributed by atoms with Gasteiger partial charge in [0.05, 0.1) is 0 Å². The minimum absolute atomic E-state index is 0.0549. The Morgan fingerprint density at radius 1 is 1.33 bits per heavy atom. The monoisotopic (exact) mass is 212 g/mol. The van der Waals surface area contributed by atoms with Crippen molar-refractivity contribution >= 4 is 24.4 Å². The third kappa shape index (κ3) is 5.72. The van der Waals surface area contributed by atoms with Crippen molar-refractivity contribution in [2.45, 2.75) is 39.7 Å². The number of carbonyl (C=O) groups excluding carboxylic acids is 2. The highest BCUT2D eigenvalue weighted by molar-refractivity contribution is 6.41. The molecule has 84 valence electrons. The fraction of sp³-hybridized carbons (Fsp3) is 0.600. The summed E-state index contributed by atoms with van der Waals surface area (Å²) in [6, 6.07) is 0. The highest BCUT2D eigenvalue weighted by atomic mass is 16.6. The zero-order chi connectivity index (χ0) is 12.1. The molecule has 0 saturated heterocycles. The standard InChI is InChI=1S/C10H16N2O3/c1-6-7(8(13)11-5)12-9(14)15-10(2,3)4/h5-6H2,1-4H3. The van der Waals surface area contributed by atoms with Crippen LogP contribution < -0.4 is 0 Å². The lowest BCUT2D eigenvalue weighted by Gasteiger charge is -2.17. The molecule has 0 atom stereocenters. The highest BCUT2D eigenvalue weighted by Crippen LogP contribution is 2.08. The summed E-state index contributed by atoms with van der Waals surface area (Å²) in [5.41, 5.74) is -0.566. The zero-order valence-electron chi connectivity index (χ0n) is 9.53. The predicted molar refractivity (Wildman–Crippen MR) is 58.5 cm³/mol. The van der Waals surface area contributed by atoms with Crippen molar-refractivity contribution in [1.29, 1.82) is 0 Å². The van der Waals surface area contributed by atoms with Crippen LogP contribution in [0.4, 0.5) is 4.79 Å². The van der Waals surface area contributed by atoms with Gasteiger partial charge < -0.3 is 4.74 Å². The van der Waals surface area contributed by atoms with E-state index in [4.69, 9.17) is 4.74 Å². The van der Waals surface area contributed by atoms with Gasteiger partial charge >= 0.3 is 6.09 Å². The lowest BCUT2D eigenvalue weighted by atomic mass is 10.2. The van der Waals surface area contributed by atoms with E-state index >= 15 is 0 Å². The molecule has 0 fully saturated rings. The molecule has 0 radical (unpaired) electrons. The summed E-state index contributed by atoms with van der Waals surface area (Å²) < 4.78 is 4.92. The average Bonchev–Trinajstić information content (AvgIpc) is 2.10. The summed E-state index contributed by atoms with van der Waals surface area (Å²) in [5.74, 6) is -0.594. The molecule has 0 aromatic rings. The summed E-state index contributed by atoms with van der Waals surface area (Å²) in [7, 11) is 0. The molecule has 5 heteroatoms. The summed E-state index contributed by atoms with van der Waals surface area (Å²) in [5, 5.41) is 0. The van der Waals surface area contributed by atoms with Crippen LogP contribution in [0.5, 0.6) is 0 Å². The highest BCUT2D eigenvalue weighted by Gasteiger charge is 2.17. The van der Waals surface area contributed by atoms with Gasteiger partial charge in [-0.2, -0.15) is 4.99 Å². The van der Waals surface area contributed by atoms with E-state index in [9.17, 15) is 9.59 Å². The number of carbonyl (C=O) groups is 2. The first kappa shape index (κ1) is 13.5. The fourth-order valence-corrected chi connectivity index (χ4v) is 0.764. The molecule has 0 saturated carbocycles. The van der Waals surface area contributed by atoms with E-state index in [2.05, 4.69) is 16.7 Å². The molecule has 0 aliphatic carbocycles. The number of aliphatic imine (C=N–C) groups is 2. The molecule has 2 amide bonds. The Morgan fingerprint density at radius 3 is 2.20 bits per heavy atom. The van der Waals surface area contributed by atoms with Crippen LogP contribution >= 0.6 is 0 Å². The van der Waals surface area contributed by atoms with E-state index in [1.165, 1.54) is 0 Å². The lowest BCUT2D eigenvalue weighted by molar-refractivity contribution is -0.111. The van der Waals surface area contributed by atoms with Crippen LogP contribution in [0.15, 0.2) is 9.98 Å². The van der Waals surface area contributed by atoms with E-state index in [-0.39, 0.29) is 5.71 Å². The number of hydrogen-bond donors (Lipinski definition) is 0. The van der Waals surface area contributed by atoms with E-state index < -0.39 is 17.6 Å². The second-order valence-corrected chi connectivity index (χ2v) is 3.86. The van der Waals surface area contributed by atoms with Crippen molar-refractivity contribution in [1.82, 2.24) is 0 Å². The van der Waals surface area contributed by atoms with Gasteiger partial charge in [-0.05, 0) is 33.9 Å². The van der Waals surface area contributed by atoms with E-state index in [0.717, 1.165) is 0 Å². The van der Waals surface area contributed by atoms with Crippen LogP contribution in [0.1, 0.15) is 34.1 Å². The Bertz CT molecular complexity index is 300. The maximum Gasteiger partial charge on any atom is 0.434 e. The average molecular weight is 212 g/mol. The maximum atomic E-state index is 11.2. The van der Waals surface area contributed by atoms with Crippen LogP contribution in [-0.2, 0) is 9.53 Å². The van der Waals surface area contributed by atoms with Crippen molar-refractivity contribution in [2.75, 3.05) is 0 Å². The number of amides is 2. The SMILES string of the molecule is C=NC(=O)C(CC)=NC(=O)OC(C)(C)C. The smallest absolute Gasteiger partial charge is 0.434 e. The minimum Gasteiger partial charge on any atom is -0.442 e. The van der Waals surface area contributed by atoms with Gasteiger partial charge in [0.2, 0.25) is 0 Å². The van der Waals surface area contributed by atoms with Crippen molar-refractivity contribution in [2.24, 2.45) is 9.98 Å². The van der Waals surface area contributed by atoms with Crippen molar-refractivity contribution < 1.29 is 14.3 Å². The van der Waals surface area contributed by atoms with Crippen LogP contribution in [-0.4, -0.2) is 30.0 Å². The topological polar surface area (TPSA) is 68.1 Å². The first-order valence-electron chi connectivity index (χ1n) is 4.61. The zero-order valence-corrected chi connectivity index (χ0v) is 9.53.